The fourth-order valence-electron chi connectivity index (χ4n) is 3.01. The van der Waals surface area contributed by atoms with E-state index in [9.17, 15) is 8.78 Å². The van der Waals surface area contributed by atoms with Gasteiger partial charge in [0.25, 0.3) is 0 Å². The van der Waals surface area contributed by atoms with E-state index in [0.717, 1.165) is 22.2 Å². The number of rotatable bonds is 3. The van der Waals surface area contributed by atoms with Crippen molar-refractivity contribution in [3.8, 4) is 0 Å². The number of hydrogen-bond acceptors (Lipinski definition) is 3. The van der Waals surface area contributed by atoms with Crippen molar-refractivity contribution in [1.29, 1.82) is 0 Å². The Bertz CT molecular complexity index is 989. The van der Waals surface area contributed by atoms with E-state index in [-0.39, 0.29) is 11.7 Å². The van der Waals surface area contributed by atoms with Crippen LogP contribution in [0.4, 0.5) is 14.5 Å². The molecule has 0 amide bonds. The number of thiophene rings is 1. The summed E-state index contributed by atoms with van der Waals surface area (Å²) in [5.74, 6) is -1.30. The van der Waals surface area contributed by atoms with Crippen molar-refractivity contribution in [2.75, 3.05) is 5.01 Å². The van der Waals surface area contributed by atoms with Crippen LogP contribution in [0, 0.1) is 11.6 Å². The van der Waals surface area contributed by atoms with Crippen LogP contribution in [0.15, 0.2) is 59.0 Å². The number of benzene rings is 2. The molecule has 0 saturated heterocycles. The van der Waals surface area contributed by atoms with Gasteiger partial charge in [-0.3, -0.25) is 5.01 Å². The molecule has 132 valence electrons. The second kappa shape index (κ2) is 6.99. The van der Waals surface area contributed by atoms with Gasteiger partial charge in [-0.25, -0.2) is 8.78 Å². The third kappa shape index (κ3) is 3.22. The highest BCUT2D eigenvalue weighted by Crippen LogP contribution is 2.41. The molecule has 0 spiro atoms. The highest BCUT2D eigenvalue weighted by molar-refractivity contribution is 7.12. The molecule has 2 aromatic carbocycles. The van der Waals surface area contributed by atoms with Crippen LogP contribution >= 0.6 is 34.5 Å². The van der Waals surface area contributed by atoms with Gasteiger partial charge in [-0.1, -0.05) is 35.3 Å². The maximum absolute atomic E-state index is 14.4. The maximum Gasteiger partial charge on any atom is 0.151 e. The Morgan fingerprint density at radius 1 is 1.08 bits per heavy atom. The lowest BCUT2D eigenvalue weighted by molar-refractivity contribution is 0.573. The predicted molar refractivity (Wildman–Crippen MR) is 104 cm³/mol. The minimum absolute atomic E-state index is 0.203. The maximum atomic E-state index is 14.4. The molecule has 4 rings (SSSR count). The van der Waals surface area contributed by atoms with E-state index in [0.29, 0.717) is 16.5 Å². The van der Waals surface area contributed by atoms with E-state index in [1.54, 1.807) is 28.5 Å². The van der Waals surface area contributed by atoms with Gasteiger partial charge in [0.15, 0.2) is 5.82 Å². The molecular formula is C19H12Cl2F2N2S. The Morgan fingerprint density at radius 2 is 1.92 bits per heavy atom. The van der Waals surface area contributed by atoms with Crippen molar-refractivity contribution < 1.29 is 8.78 Å². The Kier molecular flexibility index (Phi) is 4.69. The van der Waals surface area contributed by atoms with E-state index in [1.807, 2.05) is 23.6 Å². The van der Waals surface area contributed by atoms with Crippen molar-refractivity contribution >= 4 is 45.9 Å². The third-order valence-electron chi connectivity index (χ3n) is 4.19. The number of hydrazone groups is 1. The van der Waals surface area contributed by atoms with Gasteiger partial charge in [-0.05, 0) is 41.3 Å². The van der Waals surface area contributed by atoms with E-state index in [1.165, 1.54) is 12.1 Å². The molecule has 2 nitrogen and oxygen atoms in total. The predicted octanol–water partition coefficient (Wildman–Crippen LogP) is 6.69. The van der Waals surface area contributed by atoms with Crippen LogP contribution in [0.2, 0.25) is 10.0 Å². The first-order chi connectivity index (χ1) is 12.5. The molecule has 1 aromatic heterocycles. The average molecular weight is 409 g/mol. The zero-order chi connectivity index (χ0) is 18.3. The van der Waals surface area contributed by atoms with Crippen LogP contribution < -0.4 is 5.01 Å². The molecule has 0 bridgehead atoms. The average Bonchev–Trinajstić information content (AvgIpc) is 3.24. The number of nitrogens with zero attached hydrogens (tertiary/aromatic N) is 2. The lowest BCUT2D eigenvalue weighted by atomic mass is 10.0. The summed E-state index contributed by atoms with van der Waals surface area (Å²) in [7, 11) is 0. The topological polar surface area (TPSA) is 15.6 Å². The quantitative estimate of drug-likeness (QED) is 0.471. The Hall–Kier alpha value is -1.95. The summed E-state index contributed by atoms with van der Waals surface area (Å²) in [6.45, 7) is 0. The van der Waals surface area contributed by atoms with E-state index in [2.05, 4.69) is 5.10 Å². The molecule has 0 radical (unpaired) electrons. The van der Waals surface area contributed by atoms with Crippen molar-refractivity contribution in [2.24, 2.45) is 5.10 Å². The van der Waals surface area contributed by atoms with Crippen molar-refractivity contribution in [3.05, 3.63) is 86.0 Å². The minimum Gasteiger partial charge on any atom is -0.254 e. The molecule has 0 unspecified atom stereocenters. The van der Waals surface area contributed by atoms with E-state index in [4.69, 9.17) is 23.2 Å². The molecule has 1 atom stereocenters. The fourth-order valence-corrected chi connectivity index (χ4v) is 4.26. The summed E-state index contributed by atoms with van der Waals surface area (Å²) in [4.78, 5) is 1.00. The standard InChI is InChI=1S/C19H12Cl2F2N2S/c20-11-3-5-13(14(21)8-11)18-10-16(19-2-1-7-26-19)24-25(18)17-6-4-12(22)9-15(17)23/h1-9,18H,10H2/t18-/m0/s1. The van der Waals surface area contributed by atoms with Crippen molar-refractivity contribution in [2.45, 2.75) is 12.5 Å². The van der Waals surface area contributed by atoms with Gasteiger partial charge in [0.05, 0.1) is 22.3 Å². The van der Waals surface area contributed by atoms with E-state index < -0.39 is 11.6 Å². The van der Waals surface area contributed by atoms with Gasteiger partial charge in [0, 0.05) is 22.5 Å². The van der Waals surface area contributed by atoms with Crippen LogP contribution in [0.3, 0.4) is 0 Å². The van der Waals surface area contributed by atoms with Crippen molar-refractivity contribution in [1.82, 2.24) is 0 Å². The van der Waals surface area contributed by atoms with Gasteiger partial charge in [-0.2, -0.15) is 5.10 Å². The summed E-state index contributed by atoms with van der Waals surface area (Å²) < 4.78 is 27.8. The largest absolute Gasteiger partial charge is 0.254 e. The summed E-state index contributed by atoms with van der Waals surface area (Å²) in [5.41, 5.74) is 1.82. The Balaban J connectivity index is 1.81. The van der Waals surface area contributed by atoms with E-state index >= 15 is 0 Å². The normalized spacial score (nSPS) is 16.8. The molecular weight excluding hydrogens is 397 g/mol. The summed E-state index contributed by atoms with van der Waals surface area (Å²) in [5, 5.41) is 9.16. The zero-order valence-electron chi connectivity index (χ0n) is 13.3. The number of hydrogen-bond donors (Lipinski definition) is 0. The first-order valence-electron chi connectivity index (χ1n) is 7.83. The Morgan fingerprint density at radius 3 is 2.62 bits per heavy atom. The van der Waals surface area contributed by atoms with Gasteiger partial charge in [0.1, 0.15) is 5.82 Å². The van der Waals surface area contributed by atoms with Gasteiger partial charge in [-0.15, -0.1) is 11.3 Å². The first kappa shape index (κ1) is 17.5. The molecule has 0 aliphatic carbocycles. The molecule has 0 saturated carbocycles. The van der Waals surface area contributed by atoms with Crippen LogP contribution in [-0.4, -0.2) is 5.71 Å². The summed E-state index contributed by atoms with van der Waals surface area (Å²) >= 11 is 14.0. The molecule has 0 fully saturated rings. The Labute approximate surface area is 163 Å². The molecule has 1 aliphatic heterocycles. The van der Waals surface area contributed by atoms with Crippen LogP contribution in [0.25, 0.3) is 0 Å². The molecule has 2 heterocycles. The fraction of sp³-hybridized carbons (Fsp3) is 0.105. The summed E-state index contributed by atoms with van der Waals surface area (Å²) in [6.07, 6.45) is 0.554. The van der Waals surface area contributed by atoms with Crippen LogP contribution in [-0.2, 0) is 0 Å². The third-order valence-corrected chi connectivity index (χ3v) is 5.68. The second-order valence-corrected chi connectivity index (χ2v) is 7.64. The van der Waals surface area contributed by atoms with Crippen LogP contribution in [0.1, 0.15) is 22.9 Å². The van der Waals surface area contributed by atoms with Gasteiger partial charge < -0.3 is 0 Å². The minimum atomic E-state index is -0.670. The highest BCUT2D eigenvalue weighted by atomic mass is 35.5. The SMILES string of the molecule is Fc1ccc(N2N=C(c3cccs3)C[C@H]2c2ccc(Cl)cc2Cl)c(F)c1. The molecule has 1 aliphatic rings. The zero-order valence-corrected chi connectivity index (χ0v) is 15.6. The highest BCUT2D eigenvalue weighted by Gasteiger charge is 2.33. The van der Waals surface area contributed by atoms with Gasteiger partial charge in [0.2, 0.25) is 0 Å². The molecule has 0 N–H and O–H groups in total. The molecule has 7 heteroatoms. The molecule has 3 aromatic rings. The lowest BCUT2D eigenvalue weighted by Gasteiger charge is -2.25. The second-order valence-electron chi connectivity index (χ2n) is 5.85. The number of anilines is 1. The number of halogens is 4. The molecule has 26 heavy (non-hydrogen) atoms. The van der Waals surface area contributed by atoms with Gasteiger partial charge >= 0.3 is 0 Å². The van der Waals surface area contributed by atoms with Crippen molar-refractivity contribution in [3.63, 3.8) is 0 Å². The smallest absolute Gasteiger partial charge is 0.151 e. The monoisotopic (exact) mass is 408 g/mol. The summed E-state index contributed by atoms with van der Waals surface area (Å²) in [6, 6.07) is 12.3. The first-order valence-corrected chi connectivity index (χ1v) is 9.47. The lowest BCUT2D eigenvalue weighted by Crippen LogP contribution is -2.20. The van der Waals surface area contributed by atoms with Crippen LogP contribution in [0.5, 0.6) is 0 Å².